The molecule has 0 bridgehead atoms. The van der Waals surface area contributed by atoms with E-state index < -0.39 is 24.0 Å². The Labute approximate surface area is 175 Å². The second-order valence-electron chi connectivity index (χ2n) is 5.73. The van der Waals surface area contributed by atoms with Gasteiger partial charge in [-0.25, -0.2) is 14.6 Å². The highest BCUT2D eigenvalue weighted by molar-refractivity contribution is 7.99. The molecule has 1 rings (SSSR count). The lowest BCUT2D eigenvalue weighted by atomic mass is 10.1. The van der Waals surface area contributed by atoms with Crippen LogP contribution in [0.1, 0.15) is 5.69 Å². The Balaban J connectivity index is -0.000000551. The highest BCUT2D eigenvalue weighted by Crippen LogP contribution is 2.17. The van der Waals surface area contributed by atoms with Crippen LogP contribution < -0.4 is 30.5 Å². The van der Waals surface area contributed by atoms with Crippen LogP contribution in [0.3, 0.4) is 0 Å². The standard InChI is InChI=1S/C12H20N4O4S.4ClH/c1-16(2,3)9(11(19)20)4-7-5-14-12(15-7)21-6-8(13)10(17)18;;;;/h5,8-9H,4,6,13H2,1-3H3,(H2-,14,15,17,18,19,20);4*1H. The largest absolute Gasteiger partial charge is 1.00 e. The number of carboxylic acids is 2. The lowest BCUT2D eigenvalue weighted by Crippen LogP contribution is -3.00. The van der Waals surface area contributed by atoms with Gasteiger partial charge in [0.15, 0.2) is 17.2 Å². The fourth-order valence-corrected chi connectivity index (χ4v) is 2.50. The van der Waals surface area contributed by atoms with Crippen molar-refractivity contribution < 1.29 is 54.8 Å². The summed E-state index contributed by atoms with van der Waals surface area (Å²) in [6.45, 7) is 0. The second kappa shape index (κ2) is 13.7. The van der Waals surface area contributed by atoms with Gasteiger partial charge in [-0.3, -0.25) is 0 Å². The molecule has 0 amide bonds. The van der Waals surface area contributed by atoms with E-state index in [1.807, 2.05) is 21.1 Å². The van der Waals surface area contributed by atoms with Crippen molar-refractivity contribution >= 4 is 48.5 Å². The molecule has 0 aliphatic heterocycles. The minimum absolute atomic E-state index is 0. The van der Waals surface area contributed by atoms with Gasteiger partial charge in [-0.05, 0) is 0 Å². The summed E-state index contributed by atoms with van der Waals surface area (Å²) in [4.78, 5) is 29.2. The molecule has 1 aromatic rings. The lowest BCUT2D eigenvalue weighted by molar-refractivity contribution is -0.887. The SMILES string of the molecule is C[N+](C)(C)C(Cc1cnc(SCC([NH3+])C(=O)O)[nH]1)C(=O)O.Cl.Cl.[Cl-].[Cl-]. The molecule has 0 saturated carbocycles. The van der Waals surface area contributed by atoms with Gasteiger partial charge >= 0.3 is 11.9 Å². The number of carboxylic acid groups (broad SMARTS) is 2. The van der Waals surface area contributed by atoms with Gasteiger partial charge in [0.1, 0.15) is 0 Å². The quantitative estimate of drug-likeness (QED) is 0.225. The topological polar surface area (TPSA) is 131 Å². The predicted octanol–water partition coefficient (Wildman–Crippen LogP) is -6.25. The number of aliphatic carboxylic acids is 2. The van der Waals surface area contributed by atoms with Gasteiger partial charge in [-0.15, -0.1) is 24.8 Å². The Morgan fingerprint density at radius 3 is 2.16 bits per heavy atom. The molecule has 8 nitrogen and oxygen atoms in total. The number of H-pyrrole nitrogens is 1. The molecular weight excluding hydrogens is 438 g/mol. The second-order valence-corrected chi connectivity index (χ2v) is 6.74. The summed E-state index contributed by atoms with van der Waals surface area (Å²) in [7, 11) is 5.47. The number of aromatic nitrogens is 2. The summed E-state index contributed by atoms with van der Waals surface area (Å²) in [5, 5.41) is 18.6. The molecule has 2 atom stereocenters. The maximum absolute atomic E-state index is 11.3. The van der Waals surface area contributed by atoms with E-state index in [1.165, 1.54) is 11.8 Å². The number of nitrogens with zero attached hydrogens (tertiary/aromatic N) is 2. The van der Waals surface area contributed by atoms with Crippen molar-refractivity contribution in [2.75, 3.05) is 26.9 Å². The molecular formula is C12H24Cl4N4O4S. The molecule has 0 aliphatic carbocycles. The first kappa shape index (κ1) is 32.3. The number of hydrogen-bond acceptors (Lipinski definition) is 4. The maximum atomic E-state index is 11.3. The van der Waals surface area contributed by atoms with Crippen LogP contribution in [0.2, 0.25) is 0 Å². The Morgan fingerprint density at radius 2 is 1.76 bits per heavy atom. The number of carbonyl (C=O) groups is 2. The van der Waals surface area contributed by atoms with Gasteiger partial charge in [0.2, 0.25) is 0 Å². The zero-order chi connectivity index (χ0) is 16.2. The molecule has 2 unspecified atom stereocenters. The average molecular weight is 462 g/mol. The average Bonchev–Trinajstić information content (AvgIpc) is 2.78. The third-order valence-electron chi connectivity index (χ3n) is 3.01. The summed E-state index contributed by atoms with van der Waals surface area (Å²) >= 11 is 1.26. The van der Waals surface area contributed by atoms with Gasteiger partial charge < -0.3 is 50.2 Å². The van der Waals surface area contributed by atoms with E-state index in [2.05, 4.69) is 15.7 Å². The van der Waals surface area contributed by atoms with Gasteiger partial charge in [0, 0.05) is 11.9 Å². The van der Waals surface area contributed by atoms with E-state index in [1.54, 1.807) is 6.20 Å². The van der Waals surface area contributed by atoms with Crippen molar-refractivity contribution in [3.8, 4) is 0 Å². The van der Waals surface area contributed by atoms with Crippen molar-refractivity contribution in [2.24, 2.45) is 0 Å². The van der Waals surface area contributed by atoms with Gasteiger partial charge in [0.05, 0.1) is 33.3 Å². The lowest BCUT2D eigenvalue weighted by Gasteiger charge is -2.30. The first-order valence-electron chi connectivity index (χ1n) is 6.37. The molecule has 13 heteroatoms. The van der Waals surface area contributed by atoms with Crippen LogP contribution in [0, 0.1) is 0 Å². The van der Waals surface area contributed by atoms with Crippen LogP contribution in [0.4, 0.5) is 0 Å². The molecule has 25 heavy (non-hydrogen) atoms. The van der Waals surface area contributed by atoms with Crippen LogP contribution in [-0.2, 0) is 16.0 Å². The number of aromatic amines is 1. The normalized spacial score (nSPS) is 12.3. The van der Waals surface area contributed by atoms with Gasteiger partial charge in [-0.1, -0.05) is 11.8 Å². The summed E-state index contributed by atoms with van der Waals surface area (Å²) in [6, 6.07) is -1.29. The summed E-state index contributed by atoms with van der Waals surface area (Å²) < 4.78 is 0.302. The highest BCUT2D eigenvalue weighted by atomic mass is 35.5. The third kappa shape index (κ3) is 11.0. The molecule has 0 fully saturated rings. The number of likely N-dealkylation sites (N-methyl/N-ethyl adjacent to an activating group) is 1. The van der Waals surface area contributed by atoms with E-state index in [4.69, 9.17) is 5.11 Å². The van der Waals surface area contributed by atoms with Gasteiger partial charge in [-0.2, -0.15) is 0 Å². The minimum atomic E-state index is -0.953. The Bertz CT molecular complexity index is 527. The number of imidazole rings is 1. The number of hydrogen-bond donors (Lipinski definition) is 4. The predicted molar refractivity (Wildman–Crippen MR) is 91.3 cm³/mol. The first-order chi connectivity index (χ1) is 9.61. The number of rotatable bonds is 8. The fraction of sp³-hybridized carbons (Fsp3) is 0.583. The minimum Gasteiger partial charge on any atom is -1.00 e. The van der Waals surface area contributed by atoms with E-state index in [0.29, 0.717) is 27.5 Å². The number of quaternary nitrogens is 2. The van der Waals surface area contributed by atoms with E-state index in [9.17, 15) is 14.7 Å². The number of thioether (sulfide) groups is 1. The van der Waals surface area contributed by atoms with Crippen LogP contribution >= 0.6 is 36.6 Å². The van der Waals surface area contributed by atoms with Crippen molar-refractivity contribution in [1.82, 2.24) is 9.97 Å². The van der Waals surface area contributed by atoms with Crippen molar-refractivity contribution in [2.45, 2.75) is 23.7 Å². The zero-order valence-corrected chi connectivity index (χ0v) is 17.9. The number of halogens is 4. The monoisotopic (exact) mass is 460 g/mol. The van der Waals surface area contributed by atoms with Crippen LogP contribution in [-0.4, -0.2) is 75.6 Å². The smallest absolute Gasteiger partial charge is 0.363 e. The summed E-state index contributed by atoms with van der Waals surface area (Å²) in [5.74, 6) is -1.51. The Hall–Kier alpha value is -0.420. The van der Waals surface area contributed by atoms with E-state index in [-0.39, 0.29) is 49.6 Å². The summed E-state index contributed by atoms with van der Waals surface area (Å²) in [5.41, 5.74) is 4.24. The maximum Gasteiger partial charge on any atom is 0.363 e. The molecule has 0 aliphatic rings. The molecule has 1 heterocycles. The van der Waals surface area contributed by atoms with Gasteiger partial charge in [0.25, 0.3) is 0 Å². The van der Waals surface area contributed by atoms with Crippen molar-refractivity contribution in [1.29, 1.82) is 0 Å². The number of nitrogens with one attached hydrogen (secondary N) is 1. The summed E-state index contributed by atoms with van der Waals surface area (Å²) in [6.07, 6.45) is 1.92. The molecule has 150 valence electrons. The van der Waals surface area contributed by atoms with Crippen molar-refractivity contribution in [3.05, 3.63) is 11.9 Å². The molecule has 6 N–H and O–H groups in total. The van der Waals surface area contributed by atoms with Crippen LogP contribution in [0.25, 0.3) is 0 Å². The van der Waals surface area contributed by atoms with E-state index >= 15 is 0 Å². The third-order valence-corrected chi connectivity index (χ3v) is 4.06. The highest BCUT2D eigenvalue weighted by Gasteiger charge is 2.32. The van der Waals surface area contributed by atoms with Crippen LogP contribution in [0.15, 0.2) is 11.4 Å². The van der Waals surface area contributed by atoms with Crippen molar-refractivity contribution in [3.63, 3.8) is 0 Å². The molecule has 0 aromatic carbocycles. The zero-order valence-electron chi connectivity index (χ0n) is 13.9. The fourth-order valence-electron chi connectivity index (χ4n) is 1.67. The van der Waals surface area contributed by atoms with E-state index in [0.717, 1.165) is 0 Å². The molecule has 0 saturated heterocycles. The first-order valence-corrected chi connectivity index (χ1v) is 7.36. The molecule has 0 radical (unpaired) electrons. The Kier molecular flexibility index (Phi) is 17.7. The Morgan fingerprint density at radius 1 is 1.24 bits per heavy atom. The molecule has 1 aromatic heterocycles. The molecule has 0 spiro atoms. The van der Waals surface area contributed by atoms with Crippen LogP contribution in [0.5, 0.6) is 0 Å².